The highest BCUT2D eigenvalue weighted by Gasteiger charge is 2.32. The number of hydrogen-bond donors (Lipinski definition) is 1. The highest BCUT2D eigenvalue weighted by atomic mass is 32.2. The van der Waals surface area contributed by atoms with Crippen LogP contribution >= 0.6 is 0 Å². The highest BCUT2D eigenvalue weighted by molar-refractivity contribution is 7.92. The van der Waals surface area contributed by atoms with Crippen molar-refractivity contribution in [1.29, 1.82) is 0 Å². The molecule has 0 heterocycles. The van der Waals surface area contributed by atoms with E-state index >= 15 is 0 Å². The molecule has 39 heavy (non-hydrogen) atoms. The van der Waals surface area contributed by atoms with E-state index in [-0.39, 0.29) is 23.0 Å². The lowest BCUT2D eigenvalue weighted by molar-refractivity contribution is -0.139. The van der Waals surface area contributed by atoms with Gasteiger partial charge in [0.15, 0.2) is 0 Å². The van der Waals surface area contributed by atoms with Crippen molar-refractivity contribution in [2.75, 3.05) is 24.0 Å². The summed E-state index contributed by atoms with van der Waals surface area (Å²) in [5.41, 5.74) is 0.860. The minimum atomic E-state index is -4.15. The average Bonchev–Trinajstić information content (AvgIpc) is 2.95. The maximum atomic E-state index is 13.8. The molecule has 10 heteroatoms. The molecule has 0 aromatic heterocycles. The molecular formula is C29H34FN3O5S. The first-order valence-corrected chi connectivity index (χ1v) is 14.2. The van der Waals surface area contributed by atoms with Gasteiger partial charge in [-0.3, -0.25) is 13.9 Å². The molecule has 3 aromatic rings. The number of benzene rings is 3. The Bertz CT molecular complexity index is 1330. The fourth-order valence-electron chi connectivity index (χ4n) is 3.89. The summed E-state index contributed by atoms with van der Waals surface area (Å²) >= 11 is 0. The molecule has 0 aliphatic rings. The van der Waals surface area contributed by atoms with Crippen LogP contribution in [0.4, 0.5) is 10.1 Å². The maximum absolute atomic E-state index is 13.8. The Morgan fingerprint density at radius 3 is 2.18 bits per heavy atom. The second-order valence-electron chi connectivity index (χ2n) is 8.87. The summed E-state index contributed by atoms with van der Waals surface area (Å²) in [6.45, 7) is 5.64. The van der Waals surface area contributed by atoms with E-state index < -0.39 is 34.3 Å². The Balaban J connectivity index is 2.00. The van der Waals surface area contributed by atoms with Crippen LogP contribution in [0, 0.1) is 5.82 Å². The minimum absolute atomic E-state index is 0.0116. The third-order valence-corrected chi connectivity index (χ3v) is 7.82. The summed E-state index contributed by atoms with van der Waals surface area (Å²) in [5, 5.41) is 2.78. The van der Waals surface area contributed by atoms with E-state index in [0.717, 1.165) is 4.31 Å². The van der Waals surface area contributed by atoms with E-state index in [0.29, 0.717) is 30.9 Å². The van der Waals surface area contributed by atoms with E-state index in [1.165, 1.54) is 41.3 Å². The van der Waals surface area contributed by atoms with Gasteiger partial charge in [-0.15, -0.1) is 0 Å². The van der Waals surface area contributed by atoms with Gasteiger partial charge in [0.2, 0.25) is 11.8 Å². The van der Waals surface area contributed by atoms with E-state index in [9.17, 15) is 22.4 Å². The zero-order chi connectivity index (χ0) is 28.4. The lowest BCUT2D eigenvalue weighted by atomic mass is 10.1. The molecule has 8 nitrogen and oxygen atoms in total. The van der Waals surface area contributed by atoms with Crippen molar-refractivity contribution in [1.82, 2.24) is 10.2 Å². The Kier molecular flexibility index (Phi) is 10.4. The van der Waals surface area contributed by atoms with Crippen LogP contribution in [0.15, 0.2) is 83.8 Å². The molecule has 208 valence electrons. The maximum Gasteiger partial charge on any atom is 0.264 e. The topological polar surface area (TPSA) is 96.0 Å². The number of ether oxygens (including phenoxy) is 1. The van der Waals surface area contributed by atoms with Crippen molar-refractivity contribution in [3.05, 3.63) is 90.2 Å². The van der Waals surface area contributed by atoms with Crippen LogP contribution in [0.5, 0.6) is 5.75 Å². The summed E-state index contributed by atoms with van der Waals surface area (Å²) < 4.78 is 47.5. The first-order chi connectivity index (χ1) is 18.7. The molecule has 0 fully saturated rings. The summed E-state index contributed by atoms with van der Waals surface area (Å²) in [7, 11) is -4.15. The molecule has 3 rings (SSSR count). The molecule has 1 atom stereocenters. The number of sulfonamides is 1. The first kappa shape index (κ1) is 29.6. The summed E-state index contributed by atoms with van der Waals surface area (Å²) in [4.78, 5) is 28.0. The van der Waals surface area contributed by atoms with Gasteiger partial charge in [-0.05, 0) is 74.4 Å². The number of nitrogens with one attached hydrogen (secondary N) is 1. The number of anilines is 1. The fourth-order valence-corrected chi connectivity index (χ4v) is 5.32. The molecule has 0 bridgehead atoms. The van der Waals surface area contributed by atoms with Crippen molar-refractivity contribution in [3.8, 4) is 5.75 Å². The van der Waals surface area contributed by atoms with E-state index in [1.807, 2.05) is 13.8 Å². The molecule has 0 radical (unpaired) electrons. The fraction of sp³-hybridized carbons (Fsp3) is 0.310. The van der Waals surface area contributed by atoms with Crippen molar-refractivity contribution in [2.24, 2.45) is 0 Å². The zero-order valence-electron chi connectivity index (χ0n) is 22.3. The van der Waals surface area contributed by atoms with Crippen LogP contribution in [0.1, 0.15) is 32.8 Å². The van der Waals surface area contributed by atoms with Gasteiger partial charge in [0.1, 0.15) is 24.2 Å². The van der Waals surface area contributed by atoms with E-state index in [4.69, 9.17) is 4.74 Å². The van der Waals surface area contributed by atoms with Gasteiger partial charge in [0, 0.05) is 13.1 Å². The van der Waals surface area contributed by atoms with Crippen molar-refractivity contribution in [3.63, 3.8) is 0 Å². The van der Waals surface area contributed by atoms with Gasteiger partial charge in [-0.25, -0.2) is 12.8 Å². The van der Waals surface area contributed by atoms with Crippen LogP contribution < -0.4 is 14.4 Å². The van der Waals surface area contributed by atoms with Crippen molar-refractivity contribution < 1.29 is 27.1 Å². The Labute approximate surface area is 229 Å². The quantitative estimate of drug-likeness (QED) is 0.338. The van der Waals surface area contributed by atoms with Gasteiger partial charge in [-0.1, -0.05) is 37.3 Å². The van der Waals surface area contributed by atoms with E-state index in [2.05, 4.69) is 5.32 Å². The highest BCUT2D eigenvalue weighted by Crippen LogP contribution is 2.26. The predicted octanol–water partition coefficient (Wildman–Crippen LogP) is 4.36. The summed E-state index contributed by atoms with van der Waals surface area (Å²) in [6.07, 6.45) is 0.713. The Hall–Kier alpha value is -3.92. The van der Waals surface area contributed by atoms with Gasteiger partial charge in [-0.2, -0.15) is 0 Å². The number of halogens is 1. The molecule has 0 saturated carbocycles. The minimum Gasteiger partial charge on any atom is -0.494 e. The van der Waals surface area contributed by atoms with Gasteiger partial charge >= 0.3 is 0 Å². The molecule has 0 saturated heterocycles. The molecule has 3 aromatic carbocycles. The number of hydrogen-bond acceptors (Lipinski definition) is 5. The predicted molar refractivity (Wildman–Crippen MR) is 148 cm³/mol. The van der Waals surface area contributed by atoms with Crippen LogP contribution in [0.2, 0.25) is 0 Å². The first-order valence-electron chi connectivity index (χ1n) is 12.8. The number of rotatable bonds is 13. The number of carbonyl (C=O) groups excluding carboxylic acids is 2. The third-order valence-electron chi connectivity index (χ3n) is 6.03. The molecule has 0 unspecified atom stereocenters. The molecular weight excluding hydrogens is 521 g/mol. The van der Waals surface area contributed by atoms with E-state index in [1.54, 1.807) is 49.4 Å². The van der Waals surface area contributed by atoms with Crippen LogP contribution in [0.3, 0.4) is 0 Å². The van der Waals surface area contributed by atoms with Crippen molar-refractivity contribution >= 4 is 27.5 Å². The average molecular weight is 556 g/mol. The summed E-state index contributed by atoms with van der Waals surface area (Å²) in [6, 6.07) is 18.9. The van der Waals surface area contributed by atoms with Crippen LogP contribution in [-0.2, 0) is 26.2 Å². The van der Waals surface area contributed by atoms with Crippen LogP contribution in [0.25, 0.3) is 0 Å². The van der Waals surface area contributed by atoms with Gasteiger partial charge in [0.05, 0.1) is 17.2 Å². The largest absolute Gasteiger partial charge is 0.494 e. The lowest BCUT2D eigenvalue weighted by Crippen LogP contribution is -2.51. The Morgan fingerprint density at radius 2 is 1.59 bits per heavy atom. The smallest absolute Gasteiger partial charge is 0.264 e. The zero-order valence-corrected chi connectivity index (χ0v) is 23.2. The number of nitrogens with zero attached hydrogens (tertiary/aromatic N) is 2. The monoisotopic (exact) mass is 555 g/mol. The van der Waals surface area contributed by atoms with Crippen molar-refractivity contribution in [2.45, 2.75) is 44.7 Å². The van der Waals surface area contributed by atoms with Gasteiger partial charge in [0.25, 0.3) is 10.0 Å². The second kappa shape index (κ2) is 13.7. The molecule has 0 aliphatic carbocycles. The standard InChI is InChI=1S/C29H34FN3O5S/c1-4-19-31-29(35)22(3)32(20-23-11-13-24(30)14-12-23)28(34)21-33(25-15-17-26(18-16-25)38-5-2)39(36,37)27-9-7-6-8-10-27/h6-18,22H,4-5,19-21H2,1-3H3,(H,31,35)/t22-/m1/s1. The molecule has 2 amide bonds. The van der Waals surface area contributed by atoms with Crippen LogP contribution in [-0.4, -0.2) is 50.9 Å². The third kappa shape index (κ3) is 7.79. The second-order valence-corrected chi connectivity index (χ2v) is 10.7. The Morgan fingerprint density at radius 1 is 0.949 bits per heavy atom. The number of carbonyl (C=O) groups is 2. The molecule has 0 aliphatic heterocycles. The normalized spacial score (nSPS) is 11.9. The summed E-state index contributed by atoms with van der Waals surface area (Å²) in [5.74, 6) is -0.831. The lowest BCUT2D eigenvalue weighted by Gasteiger charge is -2.32. The molecule has 0 spiro atoms. The van der Waals surface area contributed by atoms with Gasteiger partial charge < -0.3 is 15.0 Å². The molecule has 1 N–H and O–H groups in total. The SMILES string of the molecule is CCCNC(=O)[C@@H](C)N(Cc1ccc(F)cc1)C(=O)CN(c1ccc(OCC)cc1)S(=O)(=O)c1ccccc1. The number of amides is 2.